The fourth-order valence-corrected chi connectivity index (χ4v) is 1.69. The molecule has 1 aromatic heterocycles. The van der Waals surface area contributed by atoms with E-state index in [4.69, 9.17) is 11.5 Å². The van der Waals surface area contributed by atoms with Crippen LogP contribution in [0.1, 0.15) is 10.5 Å². The minimum atomic E-state index is -0.587. The van der Waals surface area contributed by atoms with Crippen LogP contribution in [0.2, 0.25) is 0 Å². The molecule has 0 aliphatic carbocycles. The molecular formula is C14H17N5O. The number of nitrogens with one attached hydrogen (secondary N) is 1. The predicted octanol–water partition coefficient (Wildman–Crippen LogP) is 1.57. The van der Waals surface area contributed by atoms with E-state index in [9.17, 15) is 4.79 Å². The summed E-state index contributed by atoms with van der Waals surface area (Å²) in [5.41, 5.74) is 13.6. The third kappa shape index (κ3) is 2.97. The van der Waals surface area contributed by atoms with Gasteiger partial charge in [-0.2, -0.15) is 0 Å². The molecule has 0 unspecified atom stereocenters. The first kappa shape index (κ1) is 13.7. The molecule has 0 aliphatic rings. The Labute approximate surface area is 117 Å². The first-order valence-electron chi connectivity index (χ1n) is 6.08. The number of rotatable bonds is 4. The van der Waals surface area contributed by atoms with Gasteiger partial charge in [0.05, 0.1) is 5.69 Å². The third-order valence-corrected chi connectivity index (χ3v) is 2.83. The van der Waals surface area contributed by atoms with Crippen molar-refractivity contribution < 1.29 is 4.79 Å². The lowest BCUT2D eigenvalue weighted by Gasteiger charge is -2.14. The summed E-state index contributed by atoms with van der Waals surface area (Å²) in [6.07, 6.45) is 0. The van der Waals surface area contributed by atoms with Gasteiger partial charge in [-0.15, -0.1) is 0 Å². The van der Waals surface area contributed by atoms with Gasteiger partial charge in [0.2, 0.25) is 0 Å². The Balaban J connectivity index is 2.25. The van der Waals surface area contributed by atoms with Crippen molar-refractivity contribution in [2.45, 2.75) is 0 Å². The maximum absolute atomic E-state index is 11.1. The fourth-order valence-electron chi connectivity index (χ4n) is 1.69. The molecule has 0 aliphatic heterocycles. The molecule has 6 heteroatoms. The van der Waals surface area contributed by atoms with Crippen molar-refractivity contribution in [3.63, 3.8) is 0 Å². The molecule has 0 bridgehead atoms. The number of nitrogen functional groups attached to an aromatic ring is 1. The molecule has 1 aromatic carbocycles. The molecule has 0 saturated heterocycles. The highest BCUT2D eigenvalue weighted by Crippen LogP contribution is 2.23. The summed E-state index contributed by atoms with van der Waals surface area (Å²) >= 11 is 0. The van der Waals surface area contributed by atoms with Crippen molar-refractivity contribution >= 4 is 28.8 Å². The van der Waals surface area contributed by atoms with Crippen molar-refractivity contribution in [1.82, 2.24) is 4.98 Å². The number of carbonyl (C=O) groups is 1. The van der Waals surface area contributed by atoms with E-state index >= 15 is 0 Å². The molecule has 1 amide bonds. The van der Waals surface area contributed by atoms with E-state index < -0.39 is 5.91 Å². The second-order valence-corrected chi connectivity index (χ2v) is 4.56. The van der Waals surface area contributed by atoms with Crippen LogP contribution in [0.4, 0.5) is 22.9 Å². The van der Waals surface area contributed by atoms with Crippen LogP contribution in [0, 0.1) is 0 Å². The average Bonchev–Trinajstić information content (AvgIpc) is 2.41. The SMILES string of the molecule is CN(C)c1ccc(Nc2nc(C(N)=O)ccc2N)cc1. The highest BCUT2D eigenvalue weighted by molar-refractivity contribution is 5.92. The molecule has 2 aromatic rings. The Kier molecular flexibility index (Phi) is 3.74. The quantitative estimate of drug-likeness (QED) is 0.784. The number of pyridine rings is 1. The van der Waals surface area contributed by atoms with Gasteiger partial charge in [-0.3, -0.25) is 4.79 Å². The molecule has 1 heterocycles. The van der Waals surface area contributed by atoms with Crippen LogP contribution in [0.15, 0.2) is 36.4 Å². The Morgan fingerprint density at radius 1 is 1.15 bits per heavy atom. The van der Waals surface area contributed by atoms with Crippen LogP contribution in [-0.4, -0.2) is 25.0 Å². The summed E-state index contributed by atoms with van der Waals surface area (Å²) in [4.78, 5) is 17.2. The summed E-state index contributed by atoms with van der Waals surface area (Å²) in [7, 11) is 3.94. The van der Waals surface area contributed by atoms with E-state index in [1.54, 1.807) is 6.07 Å². The van der Waals surface area contributed by atoms with Gasteiger partial charge in [0.15, 0.2) is 5.82 Å². The molecule has 0 saturated carbocycles. The zero-order valence-electron chi connectivity index (χ0n) is 11.4. The monoisotopic (exact) mass is 271 g/mol. The largest absolute Gasteiger partial charge is 0.396 e. The van der Waals surface area contributed by atoms with E-state index in [1.807, 2.05) is 43.3 Å². The van der Waals surface area contributed by atoms with Crippen molar-refractivity contribution in [3.05, 3.63) is 42.1 Å². The summed E-state index contributed by atoms with van der Waals surface area (Å²) in [6, 6.07) is 10.9. The van der Waals surface area contributed by atoms with Gasteiger partial charge in [0, 0.05) is 25.5 Å². The normalized spacial score (nSPS) is 10.1. The van der Waals surface area contributed by atoms with E-state index in [1.165, 1.54) is 6.07 Å². The van der Waals surface area contributed by atoms with Gasteiger partial charge in [-0.25, -0.2) is 4.98 Å². The number of primary amides is 1. The van der Waals surface area contributed by atoms with Crippen molar-refractivity contribution in [2.75, 3.05) is 30.0 Å². The summed E-state index contributed by atoms with van der Waals surface area (Å²) in [5.74, 6) is -0.171. The number of aromatic nitrogens is 1. The fraction of sp³-hybridized carbons (Fsp3) is 0.143. The number of nitrogens with two attached hydrogens (primary N) is 2. The summed E-state index contributed by atoms with van der Waals surface area (Å²) in [5, 5.41) is 3.07. The zero-order chi connectivity index (χ0) is 14.7. The summed E-state index contributed by atoms with van der Waals surface area (Å²) < 4.78 is 0. The predicted molar refractivity (Wildman–Crippen MR) is 81.2 cm³/mol. The van der Waals surface area contributed by atoms with Crippen LogP contribution in [-0.2, 0) is 0 Å². The minimum Gasteiger partial charge on any atom is -0.396 e. The molecule has 104 valence electrons. The topological polar surface area (TPSA) is 97.3 Å². The molecule has 6 nitrogen and oxygen atoms in total. The summed E-state index contributed by atoms with van der Waals surface area (Å²) in [6.45, 7) is 0. The van der Waals surface area contributed by atoms with Crippen molar-refractivity contribution in [2.24, 2.45) is 5.73 Å². The van der Waals surface area contributed by atoms with Gasteiger partial charge >= 0.3 is 0 Å². The molecular weight excluding hydrogens is 254 g/mol. The molecule has 0 spiro atoms. The first-order valence-corrected chi connectivity index (χ1v) is 6.08. The van der Waals surface area contributed by atoms with Crippen molar-refractivity contribution in [1.29, 1.82) is 0 Å². The zero-order valence-corrected chi connectivity index (χ0v) is 11.4. The molecule has 20 heavy (non-hydrogen) atoms. The standard InChI is InChI=1S/C14H17N5O/c1-19(2)10-5-3-9(4-6-10)17-14-11(15)7-8-12(18-14)13(16)20/h3-8H,15H2,1-2H3,(H2,16,20)(H,17,18). The highest BCUT2D eigenvalue weighted by atomic mass is 16.1. The molecule has 0 atom stereocenters. The van der Waals surface area contributed by atoms with Gasteiger partial charge in [-0.1, -0.05) is 0 Å². The lowest BCUT2D eigenvalue weighted by atomic mass is 10.2. The number of benzene rings is 1. The second-order valence-electron chi connectivity index (χ2n) is 4.56. The molecule has 0 fully saturated rings. The molecule has 2 rings (SSSR count). The maximum atomic E-state index is 11.1. The molecule has 5 N–H and O–H groups in total. The van der Waals surface area contributed by atoms with E-state index in [0.29, 0.717) is 11.5 Å². The number of nitrogens with zero attached hydrogens (tertiary/aromatic N) is 2. The van der Waals surface area contributed by atoms with Crippen LogP contribution < -0.4 is 21.7 Å². The Morgan fingerprint density at radius 2 is 1.80 bits per heavy atom. The Hall–Kier alpha value is -2.76. The van der Waals surface area contributed by atoms with Gasteiger partial charge in [0.1, 0.15) is 5.69 Å². The third-order valence-electron chi connectivity index (χ3n) is 2.83. The van der Waals surface area contributed by atoms with E-state index in [-0.39, 0.29) is 5.69 Å². The number of hydrogen-bond acceptors (Lipinski definition) is 5. The first-order chi connectivity index (χ1) is 9.47. The maximum Gasteiger partial charge on any atom is 0.267 e. The van der Waals surface area contributed by atoms with Crippen molar-refractivity contribution in [3.8, 4) is 0 Å². The minimum absolute atomic E-state index is 0.173. The van der Waals surface area contributed by atoms with Crippen LogP contribution in [0.25, 0.3) is 0 Å². The number of hydrogen-bond donors (Lipinski definition) is 3. The lowest BCUT2D eigenvalue weighted by molar-refractivity contribution is 0.0996. The number of carbonyl (C=O) groups excluding carboxylic acids is 1. The van der Waals surface area contributed by atoms with Crippen LogP contribution >= 0.6 is 0 Å². The Morgan fingerprint density at radius 3 is 2.35 bits per heavy atom. The lowest BCUT2D eigenvalue weighted by Crippen LogP contribution is -2.14. The van der Waals surface area contributed by atoms with E-state index in [0.717, 1.165) is 11.4 Å². The van der Waals surface area contributed by atoms with E-state index in [2.05, 4.69) is 10.3 Å². The van der Waals surface area contributed by atoms with Crippen LogP contribution in [0.5, 0.6) is 0 Å². The number of anilines is 4. The number of amides is 1. The van der Waals surface area contributed by atoms with Gasteiger partial charge < -0.3 is 21.7 Å². The van der Waals surface area contributed by atoms with Gasteiger partial charge in [-0.05, 0) is 36.4 Å². The van der Waals surface area contributed by atoms with Crippen LogP contribution in [0.3, 0.4) is 0 Å². The second kappa shape index (κ2) is 5.48. The molecule has 0 radical (unpaired) electrons. The highest BCUT2D eigenvalue weighted by Gasteiger charge is 2.07. The van der Waals surface area contributed by atoms with Gasteiger partial charge in [0.25, 0.3) is 5.91 Å². The average molecular weight is 271 g/mol. The Bertz CT molecular complexity index is 622. The smallest absolute Gasteiger partial charge is 0.267 e.